The van der Waals surface area contributed by atoms with Crippen LogP contribution in [-0.2, 0) is 16.8 Å². The molecule has 1 amide bonds. The standard InChI is InChI=1S/C17H24N2O/c1-6-11-18-16(20)13-19(5)12-14-7-9-15(10-8-14)17(2,3)4/h1,7-10H,11-13H2,2-5H3,(H,18,20). The Balaban J connectivity index is 2.52. The van der Waals surface area contributed by atoms with E-state index >= 15 is 0 Å². The molecule has 0 saturated heterocycles. The van der Waals surface area contributed by atoms with Crippen LogP contribution in [0.15, 0.2) is 24.3 Å². The van der Waals surface area contributed by atoms with Gasteiger partial charge in [-0.05, 0) is 23.6 Å². The van der Waals surface area contributed by atoms with Gasteiger partial charge in [0.1, 0.15) is 0 Å². The van der Waals surface area contributed by atoms with Gasteiger partial charge in [0.05, 0.1) is 13.1 Å². The van der Waals surface area contributed by atoms with Crippen LogP contribution in [0.2, 0.25) is 0 Å². The first-order chi connectivity index (χ1) is 9.32. The van der Waals surface area contributed by atoms with E-state index < -0.39 is 0 Å². The maximum atomic E-state index is 11.5. The van der Waals surface area contributed by atoms with Crippen molar-refractivity contribution in [2.45, 2.75) is 32.7 Å². The van der Waals surface area contributed by atoms with Crippen molar-refractivity contribution in [1.82, 2.24) is 10.2 Å². The van der Waals surface area contributed by atoms with Gasteiger partial charge in [0, 0.05) is 6.54 Å². The molecule has 0 aliphatic carbocycles. The van der Waals surface area contributed by atoms with Crippen molar-refractivity contribution >= 4 is 5.91 Å². The third-order valence-corrected chi connectivity index (χ3v) is 3.07. The highest BCUT2D eigenvalue weighted by atomic mass is 16.1. The molecule has 0 aliphatic rings. The number of likely N-dealkylation sites (N-methyl/N-ethyl adjacent to an activating group) is 1. The van der Waals surface area contributed by atoms with Gasteiger partial charge in [0.25, 0.3) is 0 Å². The fourth-order valence-electron chi connectivity index (χ4n) is 1.93. The number of amides is 1. The Hall–Kier alpha value is -1.79. The van der Waals surface area contributed by atoms with Crippen LogP contribution in [0.25, 0.3) is 0 Å². The summed E-state index contributed by atoms with van der Waals surface area (Å²) < 4.78 is 0. The van der Waals surface area contributed by atoms with Gasteiger partial charge >= 0.3 is 0 Å². The second-order valence-electron chi connectivity index (χ2n) is 6.10. The summed E-state index contributed by atoms with van der Waals surface area (Å²) in [6.45, 7) is 7.97. The molecule has 3 heteroatoms. The molecule has 0 unspecified atom stereocenters. The molecule has 0 heterocycles. The highest BCUT2D eigenvalue weighted by molar-refractivity contribution is 5.78. The Bertz CT molecular complexity index is 477. The third kappa shape index (κ3) is 5.46. The fourth-order valence-corrected chi connectivity index (χ4v) is 1.93. The lowest BCUT2D eigenvalue weighted by atomic mass is 9.87. The van der Waals surface area contributed by atoms with E-state index in [9.17, 15) is 4.79 Å². The van der Waals surface area contributed by atoms with Crippen molar-refractivity contribution in [3.05, 3.63) is 35.4 Å². The van der Waals surface area contributed by atoms with Gasteiger partial charge in [-0.15, -0.1) is 6.42 Å². The Labute approximate surface area is 122 Å². The van der Waals surface area contributed by atoms with Crippen molar-refractivity contribution in [3.8, 4) is 12.3 Å². The van der Waals surface area contributed by atoms with Crippen molar-refractivity contribution < 1.29 is 4.79 Å². The van der Waals surface area contributed by atoms with Crippen LogP contribution in [-0.4, -0.2) is 30.9 Å². The first-order valence-corrected chi connectivity index (χ1v) is 6.81. The third-order valence-electron chi connectivity index (χ3n) is 3.07. The number of terminal acetylenes is 1. The summed E-state index contributed by atoms with van der Waals surface area (Å²) in [6.07, 6.45) is 5.10. The maximum absolute atomic E-state index is 11.5. The second kappa shape index (κ2) is 7.12. The highest BCUT2D eigenvalue weighted by Gasteiger charge is 2.13. The van der Waals surface area contributed by atoms with E-state index in [4.69, 9.17) is 6.42 Å². The zero-order chi connectivity index (χ0) is 15.2. The fraction of sp³-hybridized carbons (Fsp3) is 0.471. The maximum Gasteiger partial charge on any atom is 0.234 e. The summed E-state index contributed by atoms with van der Waals surface area (Å²) in [7, 11) is 1.92. The van der Waals surface area contributed by atoms with E-state index in [0.717, 1.165) is 6.54 Å². The van der Waals surface area contributed by atoms with Crippen molar-refractivity contribution in [2.75, 3.05) is 20.1 Å². The summed E-state index contributed by atoms with van der Waals surface area (Å²) in [5, 5.41) is 2.66. The molecule has 0 aromatic heterocycles. The molecule has 1 rings (SSSR count). The van der Waals surface area contributed by atoms with Gasteiger partial charge in [-0.25, -0.2) is 0 Å². The Kier molecular flexibility index (Phi) is 5.79. The van der Waals surface area contributed by atoms with Crippen LogP contribution in [0.3, 0.4) is 0 Å². The van der Waals surface area contributed by atoms with Crippen LogP contribution in [0.1, 0.15) is 31.9 Å². The molecular formula is C17H24N2O. The zero-order valence-corrected chi connectivity index (χ0v) is 12.9. The SMILES string of the molecule is C#CCNC(=O)CN(C)Cc1ccc(C(C)(C)C)cc1. The number of carbonyl (C=O) groups excluding carboxylic acids is 1. The van der Waals surface area contributed by atoms with Crippen LogP contribution < -0.4 is 5.32 Å². The largest absolute Gasteiger partial charge is 0.344 e. The van der Waals surface area contributed by atoms with Crippen molar-refractivity contribution in [2.24, 2.45) is 0 Å². The van der Waals surface area contributed by atoms with Gasteiger partial charge < -0.3 is 5.32 Å². The molecule has 20 heavy (non-hydrogen) atoms. The minimum atomic E-state index is -0.0447. The number of benzene rings is 1. The first kappa shape index (κ1) is 16.3. The number of nitrogens with one attached hydrogen (secondary N) is 1. The van der Waals surface area contributed by atoms with E-state index in [-0.39, 0.29) is 17.9 Å². The van der Waals surface area contributed by atoms with Gasteiger partial charge in [0.15, 0.2) is 0 Å². The first-order valence-electron chi connectivity index (χ1n) is 6.81. The number of hydrogen-bond donors (Lipinski definition) is 1. The monoisotopic (exact) mass is 272 g/mol. The van der Waals surface area contributed by atoms with E-state index in [0.29, 0.717) is 6.54 Å². The Morgan fingerprint density at radius 1 is 1.30 bits per heavy atom. The molecule has 0 fully saturated rings. The summed E-state index contributed by atoms with van der Waals surface area (Å²) in [5.41, 5.74) is 2.68. The molecule has 0 spiro atoms. The molecule has 0 bridgehead atoms. The second-order valence-corrected chi connectivity index (χ2v) is 6.10. The topological polar surface area (TPSA) is 32.3 Å². The van der Waals surface area contributed by atoms with Crippen LogP contribution in [0, 0.1) is 12.3 Å². The number of hydrogen-bond acceptors (Lipinski definition) is 2. The van der Waals surface area contributed by atoms with Crippen LogP contribution in [0.4, 0.5) is 0 Å². The minimum absolute atomic E-state index is 0.0447. The van der Waals surface area contributed by atoms with E-state index in [1.807, 2.05) is 11.9 Å². The molecule has 1 aromatic rings. The molecule has 0 atom stereocenters. The number of rotatable bonds is 5. The van der Waals surface area contributed by atoms with Gasteiger partial charge in [0.2, 0.25) is 5.91 Å². The lowest BCUT2D eigenvalue weighted by Gasteiger charge is -2.20. The smallest absolute Gasteiger partial charge is 0.234 e. The number of carbonyl (C=O) groups is 1. The highest BCUT2D eigenvalue weighted by Crippen LogP contribution is 2.22. The van der Waals surface area contributed by atoms with Crippen LogP contribution >= 0.6 is 0 Å². The molecule has 0 saturated carbocycles. The molecule has 3 nitrogen and oxygen atoms in total. The molecule has 0 aliphatic heterocycles. The molecular weight excluding hydrogens is 248 g/mol. The predicted molar refractivity (Wildman–Crippen MR) is 83.3 cm³/mol. The van der Waals surface area contributed by atoms with E-state index in [2.05, 4.69) is 56.3 Å². The average molecular weight is 272 g/mol. The van der Waals surface area contributed by atoms with Crippen molar-refractivity contribution in [3.63, 3.8) is 0 Å². The Morgan fingerprint density at radius 3 is 2.40 bits per heavy atom. The Morgan fingerprint density at radius 2 is 1.90 bits per heavy atom. The summed E-state index contributed by atoms with van der Waals surface area (Å²) in [5.74, 6) is 2.35. The van der Waals surface area contributed by atoms with Gasteiger partial charge in [-0.3, -0.25) is 9.69 Å². The molecule has 108 valence electrons. The minimum Gasteiger partial charge on any atom is -0.344 e. The molecule has 1 aromatic carbocycles. The molecule has 0 radical (unpaired) electrons. The lowest BCUT2D eigenvalue weighted by Crippen LogP contribution is -2.35. The quantitative estimate of drug-likeness (QED) is 0.833. The lowest BCUT2D eigenvalue weighted by molar-refractivity contribution is -0.121. The summed E-state index contributed by atoms with van der Waals surface area (Å²) >= 11 is 0. The number of nitrogens with zero attached hydrogens (tertiary/aromatic N) is 1. The van der Waals surface area contributed by atoms with E-state index in [1.165, 1.54) is 11.1 Å². The van der Waals surface area contributed by atoms with Gasteiger partial charge in [-0.2, -0.15) is 0 Å². The van der Waals surface area contributed by atoms with Crippen LogP contribution in [0.5, 0.6) is 0 Å². The van der Waals surface area contributed by atoms with Crippen molar-refractivity contribution in [1.29, 1.82) is 0 Å². The van der Waals surface area contributed by atoms with Gasteiger partial charge in [-0.1, -0.05) is 51.0 Å². The average Bonchev–Trinajstić information content (AvgIpc) is 2.35. The van der Waals surface area contributed by atoms with E-state index in [1.54, 1.807) is 0 Å². The molecule has 1 N–H and O–H groups in total. The predicted octanol–water partition coefficient (Wildman–Crippen LogP) is 2.17. The zero-order valence-electron chi connectivity index (χ0n) is 12.9. The normalized spacial score (nSPS) is 11.2. The summed E-state index contributed by atoms with van der Waals surface area (Å²) in [4.78, 5) is 13.5. The summed E-state index contributed by atoms with van der Waals surface area (Å²) in [6, 6.07) is 8.55.